The lowest BCUT2D eigenvalue weighted by molar-refractivity contribution is 0.117. The van der Waals surface area contributed by atoms with E-state index in [2.05, 4.69) is 16.8 Å². The van der Waals surface area contributed by atoms with Crippen molar-refractivity contribution in [3.05, 3.63) is 34.5 Å². The number of hydrogen-bond acceptors (Lipinski definition) is 2. The molecule has 4 heteroatoms. The molecule has 96 valence electrons. The lowest BCUT2D eigenvalue weighted by atomic mass is 9.98. The Morgan fingerprint density at radius 1 is 1.50 bits per heavy atom. The van der Waals surface area contributed by atoms with Gasteiger partial charge in [0.1, 0.15) is 0 Å². The van der Waals surface area contributed by atoms with Gasteiger partial charge < -0.3 is 10.1 Å². The molecule has 1 atom stereocenters. The zero-order valence-corrected chi connectivity index (χ0v) is 11.2. The van der Waals surface area contributed by atoms with Gasteiger partial charge in [0.15, 0.2) is 0 Å². The summed E-state index contributed by atoms with van der Waals surface area (Å²) in [4.78, 5) is 5.75. The molecule has 1 aliphatic rings. The van der Waals surface area contributed by atoms with Crippen molar-refractivity contribution in [2.45, 2.75) is 19.4 Å². The number of hydrogen-bond donors (Lipinski definition) is 2. The maximum Gasteiger partial charge on any atom is 0.0735 e. The SMILES string of the molecule is CCN1CCc2c([nH]c3ccc(Cl)cc23)C1CO. The van der Waals surface area contributed by atoms with Crippen LogP contribution in [0, 0.1) is 0 Å². The van der Waals surface area contributed by atoms with Crippen LogP contribution in [-0.4, -0.2) is 34.7 Å². The van der Waals surface area contributed by atoms with Crippen molar-refractivity contribution in [1.29, 1.82) is 0 Å². The van der Waals surface area contributed by atoms with Gasteiger partial charge in [0.05, 0.1) is 12.6 Å². The van der Waals surface area contributed by atoms with Crippen molar-refractivity contribution in [3.63, 3.8) is 0 Å². The maximum absolute atomic E-state index is 9.63. The monoisotopic (exact) mass is 264 g/mol. The van der Waals surface area contributed by atoms with Crippen molar-refractivity contribution in [3.8, 4) is 0 Å². The molecule has 2 aromatic rings. The molecule has 1 aromatic carbocycles. The van der Waals surface area contributed by atoms with Crippen LogP contribution in [0.25, 0.3) is 10.9 Å². The van der Waals surface area contributed by atoms with Gasteiger partial charge in [-0.25, -0.2) is 0 Å². The Morgan fingerprint density at radius 2 is 2.33 bits per heavy atom. The summed E-state index contributed by atoms with van der Waals surface area (Å²) < 4.78 is 0. The average molecular weight is 265 g/mol. The predicted molar refractivity (Wildman–Crippen MR) is 74.1 cm³/mol. The molecule has 3 rings (SSSR count). The molecule has 3 nitrogen and oxygen atoms in total. The van der Waals surface area contributed by atoms with Crippen LogP contribution in [0.1, 0.15) is 24.2 Å². The van der Waals surface area contributed by atoms with Gasteiger partial charge in [-0.3, -0.25) is 4.90 Å². The van der Waals surface area contributed by atoms with Gasteiger partial charge in [0.25, 0.3) is 0 Å². The summed E-state index contributed by atoms with van der Waals surface area (Å²) in [6.07, 6.45) is 1.01. The third-order valence-corrected chi connectivity index (χ3v) is 4.14. The topological polar surface area (TPSA) is 39.3 Å². The highest BCUT2D eigenvalue weighted by Gasteiger charge is 2.28. The number of likely N-dealkylation sites (N-methyl/N-ethyl adjacent to an activating group) is 1. The smallest absolute Gasteiger partial charge is 0.0735 e. The predicted octanol–water partition coefficient (Wildman–Crippen LogP) is 2.73. The van der Waals surface area contributed by atoms with Crippen molar-refractivity contribution < 1.29 is 5.11 Å². The molecule has 0 amide bonds. The highest BCUT2D eigenvalue weighted by Crippen LogP contribution is 2.34. The molecule has 2 N–H and O–H groups in total. The number of aliphatic hydroxyl groups is 1. The zero-order valence-electron chi connectivity index (χ0n) is 10.4. The number of aromatic nitrogens is 1. The number of H-pyrrole nitrogens is 1. The fraction of sp³-hybridized carbons (Fsp3) is 0.429. The maximum atomic E-state index is 9.63. The van der Waals surface area contributed by atoms with Crippen molar-refractivity contribution in [2.24, 2.45) is 0 Å². The molecule has 1 unspecified atom stereocenters. The van der Waals surface area contributed by atoms with Crippen LogP contribution in [0.5, 0.6) is 0 Å². The van der Waals surface area contributed by atoms with Crippen molar-refractivity contribution in [1.82, 2.24) is 9.88 Å². The normalized spacial score (nSPS) is 20.3. The summed E-state index contributed by atoms with van der Waals surface area (Å²) in [5.41, 5.74) is 3.58. The Bertz CT molecular complexity index is 578. The summed E-state index contributed by atoms with van der Waals surface area (Å²) in [6, 6.07) is 6.02. The summed E-state index contributed by atoms with van der Waals surface area (Å²) in [5, 5.41) is 11.6. The second-order valence-corrected chi connectivity index (χ2v) is 5.22. The van der Waals surface area contributed by atoms with E-state index in [9.17, 15) is 5.11 Å². The number of nitrogens with zero attached hydrogens (tertiary/aromatic N) is 1. The van der Waals surface area contributed by atoms with Crippen molar-refractivity contribution in [2.75, 3.05) is 19.7 Å². The summed E-state index contributed by atoms with van der Waals surface area (Å²) in [5.74, 6) is 0. The Morgan fingerprint density at radius 3 is 3.06 bits per heavy atom. The first-order chi connectivity index (χ1) is 8.74. The largest absolute Gasteiger partial charge is 0.394 e. The second-order valence-electron chi connectivity index (χ2n) is 4.78. The number of aromatic amines is 1. The van der Waals surface area contributed by atoms with Gasteiger partial charge in [-0.15, -0.1) is 0 Å². The first-order valence-electron chi connectivity index (χ1n) is 6.39. The second kappa shape index (κ2) is 4.57. The molecular formula is C14H17ClN2O. The Kier molecular flexibility index (Phi) is 3.06. The average Bonchev–Trinajstić information content (AvgIpc) is 2.75. The molecule has 0 radical (unpaired) electrons. The summed E-state index contributed by atoms with van der Waals surface area (Å²) in [6.45, 7) is 4.24. The van der Waals surface area contributed by atoms with Crippen LogP contribution in [0.3, 0.4) is 0 Å². The molecule has 1 aliphatic heterocycles. The lowest BCUT2D eigenvalue weighted by Gasteiger charge is -2.33. The van der Waals surface area contributed by atoms with Crippen LogP contribution < -0.4 is 0 Å². The van der Waals surface area contributed by atoms with E-state index < -0.39 is 0 Å². The molecule has 0 aliphatic carbocycles. The third-order valence-electron chi connectivity index (χ3n) is 3.90. The molecule has 2 heterocycles. The number of fused-ring (bicyclic) bond motifs is 3. The van der Waals surface area contributed by atoms with Crippen LogP contribution in [0.15, 0.2) is 18.2 Å². The van der Waals surface area contributed by atoms with Gasteiger partial charge in [0.2, 0.25) is 0 Å². The van der Waals surface area contributed by atoms with Crippen LogP contribution >= 0.6 is 11.6 Å². The van der Waals surface area contributed by atoms with Gasteiger partial charge in [-0.2, -0.15) is 0 Å². The first-order valence-corrected chi connectivity index (χ1v) is 6.77. The molecule has 0 saturated heterocycles. The molecular weight excluding hydrogens is 248 g/mol. The first kappa shape index (κ1) is 12.0. The van der Waals surface area contributed by atoms with E-state index >= 15 is 0 Å². The Labute approximate surface area is 111 Å². The fourth-order valence-corrected chi connectivity index (χ4v) is 3.15. The summed E-state index contributed by atoms with van der Waals surface area (Å²) >= 11 is 6.07. The van der Waals surface area contributed by atoms with E-state index in [1.807, 2.05) is 18.2 Å². The fourth-order valence-electron chi connectivity index (χ4n) is 2.97. The minimum atomic E-state index is 0.0879. The molecule has 0 saturated carbocycles. The van der Waals surface area contributed by atoms with E-state index in [1.165, 1.54) is 10.9 Å². The molecule has 0 spiro atoms. The van der Waals surface area contributed by atoms with E-state index in [4.69, 9.17) is 11.6 Å². The molecule has 0 bridgehead atoms. The zero-order chi connectivity index (χ0) is 12.7. The van der Waals surface area contributed by atoms with E-state index in [0.717, 1.165) is 35.7 Å². The van der Waals surface area contributed by atoms with Crippen LogP contribution in [0.2, 0.25) is 5.02 Å². The van der Waals surface area contributed by atoms with E-state index in [-0.39, 0.29) is 12.6 Å². The van der Waals surface area contributed by atoms with Gasteiger partial charge in [-0.05, 0) is 36.7 Å². The van der Waals surface area contributed by atoms with Crippen LogP contribution in [0.4, 0.5) is 0 Å². The number of benzene rings is 1. The Hall–Kier alpha value is -1.03. The number of halogens is 1. The third kappa shape index (κ3) is 1.74. The van der Waals surface area contributed by atoms with Crippen LogP contribution in [-0.2, 0) is 6.42 Å². The number of rotatable bonds is 2. The Balaban J connectivity index is 2.17. The van der Waals surface area contributed by atoms with Gasteiger partial charge in [0, 0.05) is 28.2 Å². The van der Waals surface area contributed by atoms with E-state index in [1.54, 1.807) is 0 Å². The van der Waals surface area contributed by atoms with Crippen molar-refractivity contribution >= 4 is 22.5 Å². The molecule has 18 heavy (non-hydrogen) atoms. The summed E-state index contributed by atoms with van der Waals surface area (Å²) in [7, 11) is 0. The number of nitrogens with one attached hydrogen (secondary N) is 1. The highest BCUT2D eigenvalue weighted by atomic mass is 35.5. The number of aliphatic hydroxyl groups excluding tert-OH is 1. The highest BCUT2D eigenvalue weighted by molar-refractivity contribution is 6.31. The molecule has 1 aromatic heterocycles. The van der Waals surface area contributed by atoms with Gasteiger partial charge >= 0.3 is 0 Å². The molecule has 0 fully saturated rings. The lowest BCUT2D eigenvalue weighted by Crippen LogP contribution is -2.37. The standard InChI is InChI=1S/C14H17ClN2O/c1-2-17-6-5-10-11-7-9(15)3-4-12(11)16-14(10)13(17)8-18/h3-4,7,13,16,18H,2,5-6,8H2,1H3. The van der Waals surface area contributed by atoms with Gasteiger partial charge in [-0.1, -0.05) is 18.5 Å². The van der Waals surface area contributed by atoms with E-state index in [0.29, 0.717) is 0 Å². The minimum Gasteiger partial charge on any atom is -0.394 e. The quantitative estimate of drug-likeness (QED) is 0.876. The minimum absolute atomic E-state index is 0.0879.